The average molecular weight is 336 g/mol. The maximum Gasteiger partial charge on any atom is 0.313 e. The van der Waals surface area contributed by atoms with E-state index in [1.54, 1.807) is 24.3 Å². The lowest BCUT2D eigenvalue weighted by atomic mass is 9.91. The van der Waals surface area contributed by atoms with Crippen molar-refractivity contribution in [1.29, 1.82) is 0 Å². The van der Waals surface area contributed by atoms with Crippen LogP contribution in [0.3, 0.4) is 0 Å². The maximum absolute atomic E-state index is 13.0. The number of furan rings is 1. The fraction of sp³-hybridized carbons (Fsp3) is 0.238. The van der Waals surface area contributed by atoms with Gasteiger partial charge in [-0.05, 0) is 25.5 Å². The molecule has 0 aliphatic heterocycles. The van der Waals surface area contributed by atoms with Crippen LogP contribution in [-0.4, -0.2) is 18.9 Å². The highest BCUT2D eigenvalue weighted by Gasteiger charge is 2.31. The first-order valence-corrected chi connectivity index (χ1v) is 8.27. The third-order valence-electron chi connectivity index (χ3n) is 4.37. The summed E-state index contributed by atoms with van der Waals surface area (Å²) in [5, 5.41) is 0.788. The van der Waals surface area contributed by atoms with Gasteiger partial charge in [-0.2, -0.15) is 0 Å². The standard InChI is InChI=1S/C21H20O4/c1-4-15(21(23)24-3)18-16-12-13(2)10-11-17(16)25-20(18)19(22)14-8-6-5-7-9-14/h5-12,15H,4H2,1-3H3. The van der Waals surface area contributed by atoms with Crippen LogP contribution >= 0.6 is 0 Å². The first-order chi connectivity index (χ1) is 12.1. The van der Waals surface area contributed by atoms with Crippen LogP contribution in [0.2, 0.25) is 0 Å². The van der Waals surface area contributed by atoms with Gasteiger partial charge in [-0.1, -0.05) is 48.9 Å². The molecule has 3 aromatic rings. The van der Waals surface area contributed by atoms with Gasteiger partial charge in [0, 0.05) is 16.5 Å². The number of ether oxygens (including phenoxy) is 1. The number of carbonyl (C=O) groups excluding carboxylic acids is 2. The van der Waals surface area contributed by atoms with E-state index in [9.17, 15) is 9.59 Å². The van der Waals surface area contributed by atoms with Crippen LogP contribution < -0.4 is 0 Å². The molecule has 1 aromatic heterocycles. The fourth-order valence-electron chi connectivity index (χ4n) is 3.10. The summed E-state index contributed by atoms with van der Waals surface area (Å²) in [5.41, 5.74) is 2.77. The predicted octanol–water partition coefficient (Wildman–Crippen LogP) is 4.64. The number of benzene rings is 2. The Morgan fingerprint density at radius 1 is 1.12 bits per heavy atom. The Morgan fingerprint density at radius 3 is 2.48 bits per heavy atom. The van der Waals surface area contributed by atoms with Crippen molar-refractivity contribution in [2.24, 2.45) is 0 Å². The number of hydrogen-bond acceptors (Lipinski definition) is 4. The lowest BCUT2D eigenvalue weighted by Gasteiger charge is -2.13. The quantitative estimate of drug-likeness (QED) is 0.503. The Hall–Kier alpha value is -2.88. The van der Waals surface area contributed by atoms with E-state index in [1.165, 1.54) is 7.11 Å². The molecule has 0 radical (unpaired) electrons. The van der Waals surface area contributed by atoms with E-state index < -0.39 is 5.92 Å². The van der Waals surface area contributed by atoms with Crippen molar-refractivity contribution in [1.82, 2.24) is 0 Å². The van der Waals surface area contributed by atoms with Crippen LogP contribution in [0.4, 0.5) is 0 Å². The van der Waals surface area contributed by atoms with E-state index in [2.05, 4.69) is 0 Å². The molecule has 1 unspecified atom stereocenters. The largest absolute Gasteiger partial charge is 0.469 e. The highest BCUT2D eigenvalue weighted by atomic mass is 16.5. The lowest BCUT2D eigenvalue weighted by Crippen LogP contribution is -2.16. The molecule has 128 valence electrons. The predicted molar refractivity (Wildman–Crippen MR) is 95.9 cm³/mol. The zero-order valence-corrected chi connectivity index (χ0v) is 14.5. The van der Waals surface area contributed by atoms with Gasteiger partial charge in [-0.3, -0.25) is 9.59 Å². The fourth-order valence-corrected chi connectivity index (χ4v) is 3.10. The molecule has 0 N–H and O–H groups in total. The topological polar surface area (TPSA) is 56.5 Å². The van der Waals surface area contributed by atoms with Gasteiger partial charge in [0.15, 0.2) is 5.76 Å². The molecule has 0 saturated heterocycles. The normalized spacial score (nSPS) is 12.1. The van der Waals surface area contributed by atoms with Gasteiger partial charge in [0.05, 0.1) is 13.0 Å². The van der Waals surface area contributed by atoms with Gasteiger partial charge in [-0.25, -0.2) is 0 Å². The van der Waals surface area contributed by atoms with Gasteiger partial charge in [0.1, 0.15) is 5.58 Å². The number of ketones is 1. The smallest absolute Gasteiger partial charge is 0.313 e. The molecule has 3 rings (SSSR count). The van der Waals surface area contributed by atoms with E-state index >= 15 is 0 Å². The zero-order chi connectivity index (χ0) is 18.0. The molecular formula is C21H20O4. The van der Waals surface area contributed by atoms with E-state index in [1.807, 2.05) is 38.1 Å². The van der Waals surface area contributed by atoms with Crippen molar-refractivity contribution in [3.05, 3.63) is 71.0 Å². The molecule has 0 bridgehead atoms. The number of aryl methyl sites for hydroxylation is 1. The second kappa shape index (κ2) is 6.93. The minimum absolute atomic E-state index is 0.212. The van der Waals surface area contributed by atoms with Crippen molar-refractivity contribution < 1.29 is 18.7 Å². The Bertz CT molecular complexity index is 922. The first kappa shape index (κ1) is 17.0. The third-order valence-corrected chi connectivity index (χ3v) is 4.37. The molecule has 0 spiro atoms. The monoisotopic (exact) mass is 336 g/mol. The zero-order valence-electron chi connectivity index (χ0n) is 14.5. The highest BCUT2D eigenvalue weighted by molar-refractivity contribution is 6.11. The van der Waals surface area contributed by atoms with Gasteiger partial charge in [0.25, 0.3) is 0 Å². The minimum Gasteiger partial charge on any atom is -0.469 e. The van der Waals surface area contributed by atoms with Crippen molar-refractivity contribution in [3.8, 4) is 0 Å². The molecule has 0 amide bonds. The van der Waals surface area contributed by atoms with Crippen molar-refractivity contribution in [3.63, 3.8) is 0 Å². The summed E-state index contributed by atoms with van der Waals surface area (Å²) >= 11 is 0. The van der Waals surface area contributed by atoms with E-state index in [-0.39, 0.29) is 17.5 Å². The molecule has 1 atom stereocenters. The molecular weight excluding hydrogens is 316 g/mol. The van der Waals surface area contributed by atoms with E-state index in [4.69, 9.17) is 9.15 Å². The Morgan fingerprint density at radius 2 is 1.84 bits per heavy atom. The molecule has 1 heterocycles. The number of fused-ring (bicyclic) bond motifs is 1. The summed E-state index contributed by atoms with van der Waals surface area (Å²) in [6.45, 7) is 3.86. The molecule has 0 aliphatic carbocycles. The minimum atomic E-state index is -0.546. The van der Waals surface area contributed by atoms with Crippen LogP contribution in [0.15, 0.2) is 52.9 Å². The second-order valence-corrected chi connectivity index (χ2v) is 6.02. The van der Waals surface area contributed by atoms with Crippen molar-refractivity contribution >= 4 is 22.7 Å². The molecule has 25 heavy (non-hydrogen) atoms. The summed E-state index contributed by atoms with van der Waals surface area (Å²) in [4.78, 5) is 25.3. The van der Waals surface area contributed by atoms with E-state index in [0.717, 1.165) is 10.9 Å². The van der Waals surface area contributed by atoms with Gasteiger partial charge in [0.2, 0.25) is 5.78 Å². The Balaban J connectivity index is 2.26. The number of hydrogen-bond donors (Lipinski definition) is 0. The maximum atomic E-state index is 13.0. The first-order valence-electron chi connectivity index (χ1n) is 8.27. The molecule has 2 aromatic carbocycles. The summed E-state index contributed by atoms with van der Waals surface area (Å²) in [7, 11) is 1.36. The molecule has 0 aliphatic rings. The lowest BCUT2D eigenvalue weighted by molar-refractivity contribution is -0.142. The van der Waals surface area contributed by atoms with E-state index in [0.29, 0.717) is 23.1 Å². The molecule has 4 heteroatoms. The highest BCUT2D eigenvalue weighted by Crippen LogP contribution is 2.36. The van der Waals surface area contributed by atoms with Crippen LogP contribution in [0, 0.1) is 6.92 Å². The van der Waals surface area contributed by atoms with Crippen molar-refractivity contribution in [2.45, 2.75) is 26.2 Å². The number of carbonyl (C=O) groups is 2. The summed E-state index contributed by atoms with van der Waals surface area (Å²) in [6, 6.07) is 14.6. The summed E-state index contributed by atoms with van der Waals surface area (Å²) < 4.78 is 10.8. The average Bonchev–Trinajstić information content (AvgIpc) is 3.01. The number of rotatable bonds is 5. The number of methoxy groups -OCH3 is 1. The van der Waals surface area contributed by atoms with Crippen LogP contribution in [0.5, 0.6) is 0 Å². The molecule has 0 fully saturated rings. The third kappa shape index (κ3) is 3.07. The van der Waals surface area contributed by atoms with Gasteiger partial charge < -0.3 is 9.15 Å². The number of esters is 1. The van der Waals surface area contributed by atoms with Crippen LogP contribution in [0.1, 0.15) is 46.5 Å². The van der Waals surface area contributed by atoms with Gasteiger partial charge >= 0.3 is 5.97 Å². The van der Waals surface area contributed by atoms with Crippen LogP contribution in [-0.2, 0) is 9.53 Å². The SMILES string of the molecule is CCC(C(=O)OC)c1c(C(=O)c2ccccc2)oc2ccc(C)cc12. The van der Waals surface area contributed by atoms with Crippen molar-refractivity contribution in [2.75, 3.05) is 7.11 Å². The van der Waals surface area contributed by atoms with Gasteiger partial charge in [-0.15, -0.1) is 0 Å². The Labute approximate surface area is 146 Å². The summed E-state index contributed by atoms with van der Waals surface area (Å²) in [5.74, 6) is -0.930. The molecule has 0 saturated carbocycles. The summed E-state index contributed by atoms with van der Waals surface area (Å²) in [6.07, 6.45) is 0.518. The second-order valence-electron chi connectivity index (χ2n) is 6.02. The van der Waals surface area contributed by atoms with Crippen LogP contribution in [0.25, 0.3) is 11.0 Å². The molecule has 4 nitrogen and oxygen atoms in total. The Kier molecular flexibility index (Phi) is 4.70.